The highest BCUT2D eigenvalue weighted by Gasteiger charge is 2.12. The number of nitrogen functional groups attached to an aromatic ring is 1. The summed E-state index contributed by atoms with van der Waals surface area (Å²) in [5.74, 6) is 2.16. The molecule has 0 saturated heterocycles. The van der Waals surface area contributed by atoms with Crippen LogP contribution in [-0.4, -0.2) is 19.8 Å². The van der Waals surface area contributed by atoms with E-state index in [0.717, 1.165) is 31.6 Å². The molecule has 0 unspecified atom stereocenters. The highest BCUT2D eigenvalue weighted by atomic mass is 16.5. The summed E-state index contributed by atoms with van der Waals surface area (Å²) in [5, 5.41) is 0. The SMILES string of the molecule is CCCCCCOc1cc(OCCCCCC)c(N)c(OCCCCCC)c1. The molecule has 0 bridgehead atoms. The lowest BCUT2D eigenvalue weighted by Crippen LogP contribution is -2.06. The Morgan fingerprint density at radius 1 is 0.571 bits per heavy atom. The molecule has 4 heteroatoms. The van der Waals surface area contributed by atoms with Crippen molar-refractivity contribution in [2.75, 3.05) is 25.6 Å². The van der Waals surface area contributed by atoms with Gasteiger partial charge in [-0.1, -0.05) is 78.6 Å². The molecule has 0 amide bonds. The fraction of sp³-hybridized carbons (Fsp3) is 0.750. The Morgan fingerprint density at radius 2 is 0.964 bits per heavy atom. The van der Waals surface area contributed by atoms with Crippen molar-refractivity contribution in [2.24, 2.45) is 0 Å². The highest BCUT2D eigenvalue weighted by molar-refractivity contribution is 5.65. The molecular weight excluding hydrogens is 350 g/mol. The van der Waals surface area contributed by atoms with Gasteiger partial charge < -0.3 is 19.9 Å². The zero-order valence-electron chi connectivity index (χ0n) is 18.6. The Labute approximate surface area is 173 Å². The molecule has 0 aliphatic rings. The van der Waals surface area contributed by atoms with Crippen molar-refractivity contribution in [3.63, 3.8) is 0 Å². The third-order valence-electron chi connectivity index (χ3n) is 4.86. The molecule has 0 fully saturated rings. The fourth-order valence-electron chi connectivity index (χ4n) is 3.04. The summed E-state index contributed by atoms with van der Waals surface area (Å²) in [6, 6.07) is 3.83. The van der Waals surface area contributed by atoms with Crippen LogP contribution in [0.1, 0.15) is 97.8 Å². The van der Waals surface area contributed by atoms with Gasteiger partial charge in [0.25, 0.3) is 0 Å². The van der Waals surface area contributed by atoms with Gasteiger partial charge in [0.1, 0.15) is 22.9 Å². The second-order valence-electron chi connectivity index (χ2n) is 7.56. The molecule has 0 aromatic heterocycles. The zero-order valence-corrected chi connectivity index (χ0v) is 18.6. The van der Waals surface area contributed by atoms with Gasteiger partial charge in [0.2, 0.25) is 0 Å². The molecule has 1 aromatic carbocycles. The molecule has 0 aliphatic carbocycles. The predicted molar refractivity (Wildman–Crippen MR) is 120 cm³/mol. The largest absolute Gasteiger partial charge is 0.493 e. The smallest absolute Gasteiger partial charge is 0.149 e. The van der Waals surface area contributed by atoms with Gasteiger partial charge in [-0.3, -0.25) is 0 Å². The zero-order chi connectivity index (χ0) is 20.5. The Kier molecular flexibility index (Phi) is 14.3. The van der Waals surface area contributed by atoms with E-state index in [1.807, 2.05) is 12.1 Å². The van der Waals surface area contributed by atoms with Crippen LogP contribution in [0.4, 0.5) is 5.69 Å². The fourth-order valence-corrected chi connectivity index (χ4v) is 3.04. The Bertz CT molecular complexity index is 470. The molecule has 28 heavy (non-hydrogen) atoms. The van der Waals surface area contributed by atoms with Crippen LogP contribution >= 0.6 is 0 Å². The van der Waals surface area contributed by atoms with Crippen molar-refractivity contribution in [1.29, 1.82) is 0 Å². The first-order valence-electron chi connectivity index (χ1n) is 11.5. The maximum absolute atomic E-state index is 6.32. The number of hydrogen-bond acceptors (Lipinski definition) is 4. The Balaban J connectivity index is 2.65. The lowest BCUT2D eigenvalue weighted by atomic mass is 10.2. The van der Waals surface area contributed by atoms with E-state index in [-0.39, 0.29) is 0 Å². The van der Waals surface area contributed by atoms with E-state index in [1.54, 1.807) is 0 Å². The predicted octanol–water partition coefficient (Wildman–Crippen LogP) is 7.15. The normalized spacial score (nSPS) is 10.8. The number of ether oxygens (including phenoxy) is 3. The van der Waals surface area contributed by atoms with Crippen LogP contribution in [0.15, 0.2) is 12.1 Å². The van der Waals surface area contributed by atoms with Gasteiger partial charge in [0.15, 0.2) is 0 Å². The van der Waals surface area contributed by atoms with Gasteiger partial charge in [-0.25, -0.2) is 0 Å². The van der Waals surface area contributed by atoms with E-state index < -0.39 is 0 Å². The quantitative estimate of drug-likeness (QED) is 0.212. The molecule has 162 valence electrons. The topological polar surface area (TPSA) is 53.7 Å². The molecule has 1 aromatic rings. The molecule has 0 radical (unpaired) electrons. The monoisotopic (exact) mass is 393 g/mol. The standard InChI is InChI=1S/C24H43NO3/c1-4-7-10-13-16-26-21-19-22(27-17-14-11-8-5-2)24(25)23(20-21)28-18-15-12-9-6-3/h19-20H,4-18,25H2,1-3H3. The molecular formula is C24H43NO3. The summed E-state index contributed by atoms with van der Waals surface area (Å²) < 4.78 is 17.9. The van der Waals surface area contributed by atoms with Crippen molar-refractivity contribution in [3.8, 4) is 17.2 Å². The summed E-state index contributed by atoms with van der Waals surface area (Å²) >= 11 is 0. The number of benzene rings is 1. The van der Waals surface area contributed by atoms with E-state index in [4.69, 9.17) is 19.9 Å². The van der Waals surface area contributed by atoms with Crippen LogP contribution in [-0.2, 0) is 0 Å². The van der Waals surface area contributed by atoms with Crippen molar-refractivity contribution < 1.29 is 14.2 Å². The van der Waals surface area contributed by atoms with Gasteiger partial charge in [0.05, 0.1) is 19.8 Å². The third kappa shape index (κ3) is 10.7. The lowest BCUT2D eigenvalue weighted by Gasteiger charge is -2.16. The van der Waals surface area contributed by atoms with E-state index in [1.165, 1.54) is 57.8 Å². The van der Waals surface area contributed by atoms with E-state index in [0.29, 0.717) is 30.4 Å². The average molecular weight is 394 g/mol. The molecule has 0 heterocycles. The van der Waals surface area contributed by atoms with E-state index in [2.05, 4.69) is 20.8 Å². The summed E-state index contributed by atoms with van der Waals surface area (Å²) in [6.45, 7) is 8.72. The van der Waals surface area contributed by atoms with Crippen LogP contribution in [0.25, 0.3) is 0 Å². The van der Waals surface area contributed by atoms with Crippen LogP contribution in [0.2, 0.25) is 0 Å². The van der Waals surface area contributed by atoms with Gasteiger partial charge in [-0.05, 0) is 19.3 Å². The number of anilines is 1. The van der Waals surface area contributed by atoms with Crippen molar-refractivity contribution >= 4 is 5.69 Å². The first-order valence-corrected chi connectivity index (χ1v) is 11.5. The summed E-state index contributed by atoms with van der Waals surface area (Å²) in [6.07, 6.45) is 14.1. The number of unbranched alkanes of at least 4 members (excludes halogenated alkanes) is 9. The molecule has 4 nitrogen and oxygen atoms in total. The summed E-state index contributed by atoms with van der Waals surface area (Å²) in [4.78, 5) is 0. The van der Waals surface area contributed by atoms with Gasteiger partial charge >= 0.3 is 0 Å². The second kappa shape index (κ2) is 16.4. The highest BCUT2D eigenvalue weighted by Crippen LogP contribution is 2.37. The van der Waals surface area contributed by atoms with Crippen molar-refractivity contribution in [3.05, 3.63) is 12.1 Å². The van der Waals surface area contributed by atoms with Crippen molar-refractivity contribution in [1.82, 2.24) is 0 Å². The molecule has 0 atom stereocenters. The van der Waals surface area contributed by atoms with Crippen LogP contribution in [0.3, 0.4) is 0 Å². The van der Waals surface area contributed by atoms with Gasteiger partial charge in [-0.15, -0.1) is 0 Å². The molecule has 0 aliphatic heterocycles. The summed E-state index contributed by atoms with van der Waals surface area (Å²) in [7, 11) is 0. The van der Waals surface area contributed by atoms with Crippen molar-refractivity contribution in [2.45, 2.75) is 97.8 Å². The van der Waals surface area contributed by atoms with Crippen LogP contribution in [0, 0.1) is 0 Å². The maximum atomic E-state index is 6.32. The van der Waals surface area contributed by atoms with Gasteiger partial charge in [-0.2, -0.15) is 0 Å². The number of nitrogens with two attached hydrogens (primary N) is 1. The lowest BCUT2D eigenvalue weighted by molar-refractivity contribution is 0.278. The molecule has 0 spiro atoms. The van der Waals surface area contributed by atoms with Gasteiger partial charge in [0, 0.05) is 12.1 Å². The van der Waals surface area contributed by atoms with Crippen LogP contribution in [0.5, 0.6) is 17.2 Å². The van der Waals surface area contributed by atoms with E-state index >= 15 is 0 Å². The van der Waals surface area contributed by atoms with E-state index in [9.17, 15) is 0 Å². The maximum Gasteiger partial charge on any atom is 0.149 e. The second-order valence-corrected chi connectivity index (χ2v) is 7.56. The van der Waals surface area contributed by atoms with Crippen LogP contribution < -0.4 is 19.9 Å². The minimum Gasteiger partial charge on any atom is -0.493 e. The minimum atomic E-state index is 0.587. The summed E-state index contributed by atoms with van der Waals surface area (Å²) in [5.41, 5.74) is 6.91. The third-order valence-corrected chi connectivity index (χ3v) is 4.86. The first-order chi connectivity index (χ1) is 13.7. The minimum absolute atomic E-state index is 0.587. The number of rotatable bonds is 18. The Morgan fingerprint density at radius 3 is 1.36 bits per heavy atom. The molecule has 0 saturated carbocycles. The Hall–Kier alpha value is -1.58. The average Bonchev–Trinajstić information content (AvgIpc) is 2.70. The first kappa shape index (κ1) is 24.5. The molecule has 2 N–H and O–H groups in total. The molecule has 1 rings (SSSR count). The number of hydrogen-bond donors (Lipinski definition) is 1.